The van der Waals surface area contributed by atoms with E-state index in [9.17, 15) is 9.90 Å². The minimum absolute atomic E-state index is 0.0980. The average Bonchev–Trinajstić information content (AvgIpc) is 2.76. The number of piperazine rings is 1. The number of aliphatic hydroxyl groups excluding tert-OH is 1. The molecule has 4 rings (SSSR count). The SMILES string of the molecule is O=c1[nH]c(CN2CCN(CC(O)COCc3ccccc3Cl)CC2)nc2ccccc12. The first-order valence-corrected chi connectivity index (χ1v) is 10.9. The Morgan fingerprint density at radius 1 is 1.06 bits per heavy atom. The summed E-state index contributed by atoms with van der Waals surface area (Å²) in [5.41, 5.74) is 1.55. The molecule has 2 heterocycles. The third-order valence-corrected chi connectivity index (χ3v) is 5.86. The Hall–Kier alpha value is -2.29. The van der Waals surface area contributed by atoms with Crippen molar-refractivity contribution in [2.75, 3.05) is 39.3 Å². The summed E-state index contributed by atoms with van der Waals surface area (Å²) in [5.74, 6) is 0.685. The zero-order valence-corrected chi connectivity index (χ0v) is 18.1. The Bertz CT molecular complexity index is 1070. The number of ether oxygens (including phenoxy) is 1. The van der Waals surface area contributed by atoms with Crippen LogP contribution in [0.4, 0.5) is 0 Å². The predicted molar refractivity (Wildman–Crippen MR) is 121 cm³/mol. The second kappa shape index (κ2) is 10.3. The molecular weight excluding hydrogens is 416 g/mol. The number of halogens is 1. The second-order valence-electron chi connectivity index (χ2n) is 7.87. The summed E-state index contributed by atoms with van der Waals surface area (Å²) in [5, 5.41) is 11.6. The maximum absolute atomic E-state index is 12.2. The van der Waals surface area contributed by atoms with Gasteiger partial charge in [0.15, 0.2) is 0 Å². The lowest BCUT2D eigenvalue weighted by Crippen LogP contribution is -2.48. The summed E-state index contributed by atoms with van der Waals surface area (Å²) in [7, 11) is 0. The normalized spacial score (nSPS) is 16.6. The average molecular weight is 443 g/mol. The van der Waals surface area contributed by atoms with Gasteiger partial charge in [0.25, 0.3) is 5.56 Å². The van der Waals surface area contributed by atoms with E-state index in [2.05, 4.69) is 19.8 Å². The van der Waals surface area contributed by atoms with E-state index in [1.165, 1.54) is 0 Å². The Balaban J connectivity index is 1.21. The van der Waals surface area contributed by atoms with Crippen LogP contribution in [0.5, 0.6) is 0 Å². The standard InChI is InChI=1S/C23H27ClN4O3/c24-20-7-3-1-5-17(20)15-31-16-18(29)13-27-9-11-28(12-10-27)14-22-25-21-8-4-2-6-19(21)23(30)26-22/h1-8,18,29H,9-16H2,(H,25,26,30). The van der Waals surface area contributed by atoms with Gasteiger partial charge in [0, 0.05) is 37.7 Å². The molecule has 0 saturated carbocycles. The number of nitrogens with one attached hydrogen (secondary N) is 1. The maximum atomic E-state index is 12.2. The van der Waals surface area contributed by atoms with Crippen LogP contribution in [-0.4, -0.2) is 70.3 Å². The van der Waals surface area contributed by atoms with Crippen LogP contribution in [0, 0.1) is 0 Å². The largest absolute Gasteiger partial charge is 0.389 e. The van der Waals surface area contributed by atoms with Gasteiger partial charge >= 0.3 is 0 Å². The molecule has 0 spiro atoms. The molecule has 3 aromatic rings. The van der Waals surface area contributed by atoms with E-state index < -0.39 is 6.10 Å². The van der Waals surface area contributed by atoms with E-state index >= 15 is 0 Å². The summed E-state index contributed by atoms with van der Waals surface area (Å²) >= 11 is 6.12. The van der Waals surface area contributed by atoms with E-state index in [1.54, 1.807) is 6.07 Å². The molecule has 1 aromatic heterocycles. The highest BCUT2D eigenvalue weighted by Crippen LogP contribution is 2.16. The van der Waals surface area contributed by atoms with Crippen molar-refractivity contribution in [2.24, 2.45) is 0 Å². The van der Waals surface area contributed by atoms with Gasteiger partial charge in [-0.05, 0) is 23.8 Å². The number of H-pyrrole nitrogens is 1. The van der Waals surface area contributed by atoms with Crippen LogP contribution in [-0.2, 0) is 17.9 Å². The molecular formula is C23H27ClN4O3. The van der Waals surface area contributed by atoms with E-state index in [0.29, 0.717) is 35.9 Å². The van der Waals surface area contributed by atoms with Crippen molar-refractivity contribution in [3.63, 3.8) is 0 Å². The zero-order valence-electron chi connectivity index (χ0n) is 17.3. The number of β-amino-alcohol motifs (C(OH)–C–C–N with tert-alkyl or cyclic N) is 1. The van der Waals surface area contributed by atoms with E-state index in [-0.39, 0.29) is 12.2 Å². The molecule has 1 atom stereocenters. The third kappa shape index (κ3) is 5.90. The molecule has 1 aliphatic heterocycles. The van der Waals surface area contributed by atoms with Crippen molar-refractivity contribution in [1.82, 2.24) is 19.8 Å². The first-order chi connectivity index (χ1) is 15.1. The smallest absolute Gasteiger partial charge is 0.258 e. The van der Waals surface area contributed by atoms with E-state index in [4.69, 9.17) is 16.3 Å². The number of benzene rings is 2. The summed E-state index contributed by atoms with van der Waals surface area (Å²) < 4.78 is 5.64. The lowest BCUT2D eigenvalue weighted by atomic mass is 10.2. The number of hydrogen-bond acceptors (Lipinski definition) is 6. The molecule has 0 amide bonds. The number of aromatic nitrogens is 2. The van der Waals surface area contributed by atoms with Crippen LogP contribution in [0.3, 0.4) is 0 Å². The van der Waals surface area contributed by atoms with Crippen LogP contribution >= 0.6 is 11.6 Å². The van der Waals surface area contributed by atoms with Crippen LogP contribution < -0.4 is 5.56 Å². The van der Waals surface area contributed by atoms with Gasteiger partial charge in [-0.1, -0.05) is 41.9 Å². The van der Waals surface area contributed by atoms with Crippen molar-refractivity contribution in [2.45, 2.75) is 19.3 Å². The third-order valence-electron chi connectivity index (χ3n) is 5.49. The van der Waals surface area contributed by atoms with Crippen molar-refractivity contribution >= 4 is 22.5 Å². The molecule has 0 radical (unpaired) electrons. The van der Waals surface area contributed by atoms with Crippen molar-refractivity contribution in [3.8, 4) is 0 Å². The molecule has 1 fully saturated rings. The Labute approximate surface area is 186 Å². The van der Waals surface area contributed by atoms with Crippen LogP contribution in [0.1, 0.15) is 11.4 Å². The predicted octanol–water partition coefficient (Wildman–Crippen LogP) is 2.27. The zero-order chi connectivity index (χ0) is 21.6. The molecule has 164 valence electrons. The Kier molecular flexibility index (Phi) is 7.32. The van der Waals surface area contributed by atoms with Gasteiger partial charge in [-0.3, -0.25) is 14.6 Å². The van der Waals surface area contributed by atoms with Gasteiger partial charge in [0.1, 0.15) is 5.82 Å². The summed E-state index contributed by atoms with van der Waals surface area (Å²) in [6.07, 6.45) is -0.549. The number of aromatic amines is 1. The lowest BCUT2D eigenvalue weighted by Gasteiger charge is -2.35. The van der Waals surface area contributed by atoms with Crippen molar-refractivity contribution in [3.05, 3.63) is 75.3 Å². The first kappa shape index (κ1) is 21.9. The fourth-order valence-electron chi connectivity index (χ4n) is 3.82. The van der Waals surface area contributed by atoms with Crippen molar-refractivity contribution in [1.29, 1.82) is 0 Å². The topological polar surface area (TPSA) is 81.7 Å². The number of hydrogen-bond donors (Lipinski definition) is 2. The molecule has 1 unspecified atom stereocenters. The summed E-state index contributed by atoms with van der Waals surface area (Å²) in [4.78, 5) is 24.2. The number of nitrogens with zero attached hydrogens (tertiary/aromatic N) is 3. The highest BCUT2D eigenvalue weighted by Gasteiger charge is 2.20. The molecule has 1 saturated heterocycles. The first-order valence-electron chi connectivity index (χ1n) is 10.5. The molecule has 31 heavy (non-hydrogen) atoms. The van der Waals surface area contributed by atoms with Gasteiger partial charge in [-0.25, -0.2) is 4.98 Å². The summed E-state index contributed by atoms with van der Waals surface area (Å²) in [6.45, 7) is 5.24. The fraction of sp³-hybridized carbons (Fsp3) is 0.391. The molecule has 2 N–H and O–H groups in total. The number of para-hydroxylation sites is 1. The lowest BCUT2D eigenvalue weighted by molar-refractivity contribution is 0.000736. The van der Waals surface area contributed by atoms with Gasteiger partial charge in [-0.2, -0.15) is 0 Å². The van der Waals surface area contributed by atoms with Gasteiger partial charge < -0.3 is 14.8 Å². The van der Waals surface area contributed by atoms with E-state index in [1.807, 2.05) is 42.5 Å². The van der Waals surface area contributed by atoms with E-state index in [0.717, 1.165) is 37.3 Å². The maximum Gasteiger partial charge on any atom is 0.258 e. The minimum atomic E-state index is -0.549. The highest BCUT2D eigenvalue weighted by molar-refractivity contribution is 6.31. The molecule has 0 bridgehead atoms. The van der Waals surface area contributed by atoms with Crippen LogP contribution in [0.25, 0.3) is 10.9 Å². The Morgan fingerprint density at radius 3 is 2.58 bits per heavy atom. The van der Waals surface area contributed by atoms with Crippen molar-refractivity contribution < 1.29 is 9.84 Å². The number of aliphatic hydroxyl groups is 1. The minimum Gasteiger partial charge on any atom is -0.389 e. The number of rotatable bonds is 8. The Morgan fingerprint density at radius 2 is 1.77 bits per heavy atom. The highest BCUT2D eigenvalue weighted by atomic mass is 35.5. The monoisotopic (exact) mass is 442 g/mol. The molecule has 8 heteroatoms. The molecule has 7 nitrogen and oxygen atoms in total. The van der Waals surface area contributed by atoms with Crippen LogP contribution in [0.2, 0.25) is 5.02 Å². The van der Waals surface area contributed by atoms with Crippen LogP contribution in [0.15, 0.2) is 53.3 Å². The molecule has 2 aromatic carbocycles. The second-order valence-corrected chi connectivity index (χ2v) is 8.27. The molecule has 0 aliphatic carbocycles. The van der Waals surface area contributed by atoms with Gasteiger partial charge in [0.2, 0.25) is 0 Å². The quantitative estimate of drug-likeness (QED) is 0.557. The molecule has 1 aliphatic rings. The summed E-state index contributed by atoms with van der Waals surface area (Å²) in [6, 6.07) is 14.9. The van der Waals surface area contributed by atoms with Gasteiger partial charge in [0.05, 0.1) is 36.8 Å². The van der Waals surface area contributed by atoms with Gasteiger partial charge in [-0.15, -0.1) is 0 Å². The fourth-order valence-corrected chi connectivity index (χ4v) is 4.01. The number of fused-ring (bicyclic) bond motifs is 1.